The molecule has 0 saturated heterocycles. The van der Waals surface area contributed by atoms with Crippen molar-refractivity contribution in [2.24, 2.45) is 17.8 Å². The van der Waals surface area contributed by atoms with Crippen LogP contribution in [0.5, 0.6) is 5.88 Å². The van der Waals surface area contributed by atoms with Crippen LogP contribution in [0.25, 0.3) is 21.6 Å². The summed E-state index contributed by atoms with van der Waals surface area (Å²) in [5.74, 6) is -3.57. The monoisotopic (exact) mass is 816 g/mol. The minimum absolute atomic E-state index is 0.118. The van der Waals surface area contributed by atoms with E-state index >= 15 is 0 Å². The maximum absolute atomic E-state index is 14.7. The van der Waals surface area contributed by atoms with Gasteiger partial charge in [0, 0.05) is 11.8 Å². The van der Waals surface area contributed by atoms with Crippen LogP contribution >= 0.6 is 22.7 Å². The Morgan fingerprint density at radius 3 is 2.48 bits per heavy atom. The van der Waals surface area contributed by atoms with Crippen LogP contribution in [0.2, 0.25) is 0 Å². The first-order chi connectivity index (χ1) is 27.0. The number of para-hydroxylation sites is 2. The number of anilines is 1. The molecule has 0 spiro atoms. The Balaban J connectivity index is 1.11. The number of rotatable bonds is 8. The Hall–Kier alpha value is -4.67. The van der Waals surface area contributed by atoms with Crippen molar-refractivity contribution < 1.29 is 32.3 Å². The van der Waals surface area contributed by atoms with Crippen molar-refractivity contribution in [1.29, 1.82) is 0 Å². The molecule has 4 N–H and O–H groups in total. The predicted octanol–water partition coefficient (Wildman–Crippen LogP) is 6.26. The van der Waals surface area contributed by atoms with Crippen molar-refractivity contribution in [3.05, 3.63) is 70.9 Å². The summed E-state index contributed by atoms with van der Waals surface area (Å²) in [6.45, 7) is 1.93. The van der Waals surface area contributed by atoms with Gasteiger partial charge in [0.1, 0.15) is 17.3 Å². The van der Waals surface area contributed by atoms with Crippen molar-refractivity contribution in [3.63, 3.8) is 0 Å². The molecule has 3 aliphatic carbocycles. The number of nitrogens with one attached hydrogen (secondary N) is 4. The topological polar surface area (TPSA) is 186 Å². The Morgan fingerprint density at radius 1 is 0.964 bits per heavy atom. The molecule has 294 valence electrons. The van der Waals surface area contributed by atoms with Crippen LogP contribution in [0, 0.1) is 24.7 Å². The number of carbonyl (C=O) groups is 4. The summed E-state index contributed by atoms with van der Waals surface area (Å²) in [6.07, 6.45) is 8.03. The number of ether oxygens (including phenoxy) is 1. The molecule has 4 aliphatic rings. The molecule has 1 aliphatic heterocycles. The number of fused-ring (bicyclic) bond motifs is 3. The molecule has 4 heterocycles. The van der Waals surface area contributed by atoms with Gasteiger partial charge in [0.15, 0.2) is 5.78 Å². The van der Waals surface area contributed by atoms with Crippen molar-refractivity contribution in [2.75, 3.05) is 5.32 Å². The number of amides is 4. The first kappa shape index (κ1) is 38.2. The highest BCUT2D eigenvalue weighted by Gasteiger charge is 2.62. The molecule has 2 unspecified atom stereocenters. The molecule has 0 bridgehead atoms. The SMILES string of the molecule is Cc1csc(NC(=O)N[C@@H]2CCCCC/C=C\C3C[C@@]3(C(=O)NS(=O)(=O)C3CC3)NC(=O)[C@@H]3C[C@@H](Oc4nc5ccccc5nc4-c4cccs4)CC3C2=O)c1. The number of sulfonamides is 1. The van der Waals surface area contributed by atoms with Crippen LogP contribution in [-0.2, 0) is 24.4 Å². The number of benzene rings is 1. The molecule has 3 saturated carbocycles. The number of aromatic nitrogens is 2. The lowest BCUT2D eigenvalue weighted by atomic mass is 9.85. The quantitative estimate of drug-likeness (QED) is 0.149. The van der Waals surface area contributed by atoms with Gasteiger partial charge in [0.2, 0.25) is 21.8 Å². The molecule has 3 fully saturated rings. The Kier molecular flexibility index (Phi) is 10.7. The standard InChI is InChI=1S/C40H44N6O7S3/c1-23-18-33(55-22-23)44-39(50)43-31-13-6-4-2-3-5-10-24-21-40(24,38(49)46-56(51,52)26-15-16-26)45-36(48)28-20-25(19-27(28)35(31)47)53-37-34(32-14-9-17-54-32)41-29-11-7-8-12-30(29)42-37/h5,7-12,14,17-18,22,24-28,31H,2-4,6,13,15-16,19-21H2,1H3,(H,45,48)(H,46,49)(H2,43,44,50)/b10-5-/t24?,25-,27?,28+,31+,40+/m0/s1. The van der Waals surface area contributed by atoms with E-state index in [1.165, 1.54) is 22.7 Å². The van der Waals surface area contributed by atoms with Gasteiger partial charge < -0.3 is 15.4 Å². The second-order valence-corrected chi connectivity index (χ2v) is 19.1. The average molecular weight is 817 g/mol. The molecule has 16 heteroatoms. The highest BCUT2D eigenvalue weighted by Crippen LogP contribution is 2.47. The fourth-order valence-electron chi connectivity index (χ4n) is 7.86. The van der Waals surface area contributed by atoms with Crippen molar-refractivity contribution in [2.45, 2.75) is 94.1 Å². The summed E-state index contributed by atoms with van der Waals surface area (Å²) in [5, 5.41) is 12.6. The van der Waals surface area contributed by atoms with Crippen LogP contribution < -0.4 is 25.4 Å². The second-order valence-electron chi connectivity index (χ2n) is 15.3. The number of aryl methyl sites for hydroxylation is 1. The smallest absolute Gasteiger partial charge is 0.320 e. The number of hydrogen-bond acceptors (Lipinski definition) is 11. The van der Waals surface area contributed by atoms with Gasteiger partial charge in [-0.25, -0.2) is 23.2 Å². The van der Waals surface area contributed by atoms with Gasteiger partial charge in [-0.05, 0) is 98.9 Å². The van der Waals surface area contributed by atoms with E-state index in [1.807, 2.05) is 72.3 Å². The lowest BCUT2D eigenvalue weighted by Crippen LogP contribution is -2.54. The molecular weight excluding hydrogens is 773 g/mol. The molecule has 4 amide bonds. The third-order valence-electron chi connectivity index (χ3n) is 11.1. The van der Waals surface area contributed by atoms with E-state index in [4.69, 9.17) is 14.7 Å². The molecule has 3 aromatic heterocycles. The first-order valence-electron chi connectivity index (χ1n) is 19.2. The number of urea groups is 1. The van der Waals surface area contributed by atoms with Gasteiger partial charge in [-0.3, -0.25) is 24.4 Å². The minimum atomic E-state index is -3.89. The zero-order valence-corrected chi connectivity index (χ0v) is 33.3. The van der Waals surface area contributed by atoms with E-state index in [1.54, 1.807) is 0 Å². The van der Waals surface area contributed by atoms with Gasteiger partial charge in [-0.15, -0.1) is 22.7 Å². The molecule has 4 aromatic rings. The molecule has 1 aromatic carbocycles. The lowest BCUT2D eigenvalue weighted by Gasteiger charge is -2.26. The maximum atomic E-state index is 14.7. The molecular formula is C40H44N6O7S3. The van der Waals surface area contributed by atoms with Crippen LogP contribution in [-0.4, -0.2) is 64.9 Å². The van der Waals surface area contributed by atoms with Crippen molar-refractivity contribution in [1.82, 2.24) is 25.3 Å². The fraction of sp³-hybridized carbons (Fsp3) is 0.450. The lowest BCUT2D eigenvalue weighted by molar-refractivity contribution is -0.136. The minimum Gasteiger partial charge on any atom is -0.473 e. The molecule has 13 nitrogen and oxygen atoms in total. The number of carbonyl (C=O) groups excluding carboxylic acids is 4. The first-order valence-corrected chi connectivity index (χ1v) is 22.5. The molecule has 6 atom stereocenters. The Labute approximate surface area is 333 Å². The number of ketones is 1. The van der Waals surface area contributed by atoms with Gasteiger partial charge in [0.05, 0.1) is 38.1 Å². The zero-order chi connectivity index (χ0) is 39.0. The summed E-state index contributed by atoms with van der Waals surface area (Å²) in [4.78, 5) is 66.9. The number of hydrogen-bond donors (Lipinski definition) is 4. The van der Waals surface area contributed by atoms with Crippen molar-refractivity contribution >= 4 is 72.4 Å². The summed E-state index contributed by atoms with van der Waals surface area (Å²) in [6, 6.07) is 11.7. The third-order valence-corrected chi connectivity index (χ3v) is 14.8. The van der Waals surface area contributed by atoms with E-state index in [0.29, 0.717) is 53.8 Å². The van der Waals surface area contributed by atoms with Gasteiger partial charge in [-0.1, -0.05) is 43.2 Å². The van der Waals surface area contributed by atoms with Gasteiger partial charge in [-0.2, -0.15) is 0 Å². The number of allylic oxidation sites excluding steroid dienone is 1. The normalized spacial score (nSPS) is 27.5. The fourth-order valence-corrected chi connectivity index (χ4v) is 10.7. The van der Waals surface area contributed by atoms with E-state index in [2.05, 4.69) is 20.7 Å². The molecule has 56 heavy (non-hydrogen) atoms. The number of nitrogens with zero attached hydrogens (tertiary/aromatic N) is 2. The summed E-state index contributed by atoms with van der Waals surface area (Å²) >= 11 is 2.87. The van der Waals surface area contributed by atoms with Crippen LogP contribution in [0.15, 0.2) is 65.4 Å². The van der Waals surface area contributed by atoms with Gasteiger partial charge in [0.25, 0.3) is 5.91 Å². The highest BCUT2D eigenvalue weighted by molar-refractivity contribution is 7.91. The summed E-state index contributed by atoms with van der Waals surface area (Å²) < 4.78 is 34.7. The van der Waals surface area contributed by atoms with E-state index < -0.39 is 68.6 Å². The Morgan fingerprint density at radius 2 is 1.75 bits per heavy atom. The zero-order valence-electron chi connectivity index (χ0n) is 30.9. The highest BCUT2D eigenvalue weighted by atomic mass is 32.2. The van der Waals surface area contributed by atoms with E-state index in [0.717, 1.165) is 23.3 Å². The van der Waals surface area contributed by atoms with Gasteiger partial charge >= 0.3 is 6.03 Å². The van der Waals surface area contributed by atoms with Crippen LogP contribution in [0.4, 0.5) is 9.80 Å². The molecule has 8 rings (SSSR count). The van der Waals surface area contributed by atoms with Crippen LogP contribution in [0.1, 0.15) is 69.8 Å². The average Bonchev–Trinajstić information content (AvgIpc) is 3.96. The number of thiophene rings is 2. The largest absolute Gasteiger partial charge is 0.473 e. The Bertz CT molecular complexity index is 2290. The molecule has 0 radical (unpaired) electrons. The van der Waals surface area contributed by atoms with E-state index in [9.17, 15) is 27.6 Å². The predicted molar refractivity (Wildman–Crippen MR) is 215 cm³/mol. The maximum Gasteiger partial charge on any atom is 0.320 e. The van der Waals surface area contributed by atoms with Crippen LogP contribution in [0.3, 0.4) is 0 Å². The summed E-state index contributed by atoms with van der Waals surface area (Å²) in [5.41, 5.74) is 1.39. The van der Waals surface area contributed by atoms with E-state index in [-0.39, 0.29) is 30.9 Å². The summed E-state index contributed by atoms with van der Waals surface area (Å²) in [7, 11) is -3.89. The second kappa shape index (κ2) is 15.7. The van der Waals surface area contributed by atoms with Crippen molar-refractivity contribution in [3.8, 4) is 16.5 Å². The third kappa shape index (κ3) is 8.23. The number of Topliss-reactive ketones (excluding diaryl/α,β-unsaturated/α-hetero) is 1.